The summed E-state index contributed by atoms with van der Waals surface area (Å²) in [5.41, 5.74) is 3.17. The first-order valence-corrected chi connectivity index (χ1v) is 8.43. The Labute approximate surface area is 154 Å². The van der Waals surface area contributed by atoms with Crippen molar-refractivity contribution in [3.05, 3.63) is 52.7 Å². The Hall–Kier alpha value is -2.71. The van der Waals surface area contributed by atoms with Gasteiger partial charge in [-0.25, -0.2) is 4.52 Å². The zero-order valence-corrected chi connectivity index (χ0v) is 14.7. The summed E-state index contributed by atoms with van der Waals surface area (Å²) in [4.78, 5) is 16.8. The van der Waals surface area contributed by atoms with Gasteiger partial charge in [0.25, 0.3) is 5.56 Å². The first-order chi connectivity index (χ1) is 12.3. The lowest BCUT2D eigenvalue weighted by molar-refractivity contribution is 0.446. The topological polar surface area (TPSA) is 92.9 Å². The maximum atomic E-state index is 12.3. The molecule has 0 amide bonds. The highest BCUT2D eigenvalue weighted by atomic mass is 35.5. The molecule has 0 bridgehead atoms. The Morgan fingerprint density at radius 2 is 1.88 bits per heavy atom. The number of benzene rings is 1. The molecule has 1 aromatic carbocycles. The number of H-pyrrole nitrogens is 1. The van der Waals surface area contributed by atoms with Crippen LogP contribution >= 0.6 is 12.4 Å². The summed E-state index contributed by atoms with van der Waals surface area (Å²) in [7, 11) is 0. The minimum absolute atomic E-state index is 0. The lowest BCUT2D eigenvalue weighted by Gasteiger charge is -2.23. The van der Waals surface area contributed by atoms with E-state index in [0.29, 0.717) is 11.6 Å². The normalized spacial score (nSPS) is 15.4. The fourth-order valence-electron chi connectivity index (χ4n) is 3.68. The second kappa shape index (κ2) is 6.54. The molecule has 1 saturated heterocycles. The molecule has 9 heteroatoms. The zero-order valence-electron chi connectivity index (χ0n) is 13.9. The van der Waals surface area contributed by atoms with Crippen LogP contribution in [-0.2, 0) is 0 Å². The molecule has 1 fully saturated rings. The third-order valence-electron chi connectivity index (χ3n) is 4.83. The Bertz CT molecular complexity index is 1110. The molecule has 134 valence electrons. The van der Waals surface area contributed by atoms with Crippen LogP contribution < -0.4 is 10.9 Å². The number of piperidine rings is 1. The summed E-state index contributed by atoms with van der Waals surface area (Å²) >= 11 is 0. The highest BCUT2D eigenvalue weighted by Crippen LogP contribution is 2.29. The summed E-state index contributed by atoms with van der Waals surface area (Å²) in [6.07, 6.45) is 5.27. The number of nitrogens with one attached hydrogen (secondary N) is 2. The minimum Gasteiger partial charge on any atom is -0.317 e. The largest absolute Gasteiger partial charge is 0.317 e. The van der Waals surface area contributed by atoms with Gasteiger partial charge in [-0.3, -0.25) is 4.79 Å². The molecule has 1 aliphatic rings. The van der Waals surface area contributed by atoms with E-state index in [1.54, 1.807) is 23.3 Å². The molecule has 0 unspecified atom stereocenters. The van der Waals surface area contributed by atoms with Crippen molar-refractivity contribution in [1.29, 1.82) is 0 Å². The second-order valence-corrected chi connectivity index (χ2v) is 6.33. The van der Waals surface area contributed by atoms with Crippen molar-refractivity contribution in [2.24, 2.45) is 0 Å². The zero-order chi connectivity index (χ0) is 16.8. The maximum absolute atomic E-state index is 12.3. The Kier molecular flexibility index (Phi) is 4.21. The van der Waals surface area contributed by atoms with Gasteiger partial charge in [-0.05, 0) is 38.1 Å². The molecule has 4 heterocycles. The molecule has 4 aromatic rings. The number of hydrogen-bond donors (Lipinski definition) is 2. The molecular weight excluding hydrogens is 354 g/mol. The number of hydrogen-bond acceptors (Lipinski definition) is 5. The van der Waals surface area contributed by atoms with E-state index < -0.39 is 0 Å². The maximum Gasteiger partial charge on any atom is 0.251 e. The van der Waals surface area contributed by atoms with Gasteiger partial charge in [-0.15, -0.1) is 12.4 Å². The van der Waals surface area contributed by atoms with Crippen LogP contribution in [0.3, 0.4) is 0 Å². The fourth-order valence-corrected chi connectivity index (χ4v) is 3.68. The smallest absolute Gasteiger partial charge is 0.251 e. The number of halogens is 1. The molecule has 2 N–H and O–H groups in total. The predicted molar refractivity (Wildman–Crippen MR) is 100 cm³/mol. The highest BCUT2D eigenvalue weighted by molar-refractivity contribution is 5.98. The van der Waals surface area contributed by atoms with Crippen molar-refractivity contribution in [2.75, 3.05) is 13.1 Å². The first kappa shape index (κ1) is 16.7. The van der Waals surface area contributed by atoms with Gasteiger partial charge in [-0.2, -0.15) is 20.1 Å². The number of fused-ring (bicyclic) bond motifs is 3. The monoisotopic (exact) mass is 371 g/mol. The molecule has 26 heavy (non-hydrogen) atoms. The van der Waals surface area contributed by atoms with Gasteiger partial charge in [-0.1, -0.05) is 6.07 Å². The Morgan fingerprint density at radius 1 is 1.12 bits per heavy atom. The van der Waals surface area contributed by atoms with Crippen molar-refractivity contribution in [3.8, 4) is 5.69 Å². The average molecular weight is 372 g/mol. The van der Waals surface area contributed by atoms with Gasteiger partial charge in [0.2, 0.25) is 0 Å². The molecule has 0 atom stereocenters. The van der Waals surface area contributed by atoms with Crippen molar-refractivity contribution in [3.63, 3.8) is 0 Å². The van der Waals surface area contributed by atoms with E-state index in [0.717, 1.165) is 48.2 Å². The lowest BCUT2D eigenvalue weighted by atomic mass is 9.94. The van der Waals surface area contributed by atoms with Crippen LogP contribution in [0.5, 0.6) is 0 Å². The molecular formula is C17H18ClN7O. The van der Waals surface area contributed by atoms with Gasteiger partial charge in [0.05, 0.1) is 34.7 Å². The molecule has 8 nitrogen and oxygen atoms in total. The average Bonchev–Trinajstić information content (AvgIpc) is 3.29. The summed E-state index contributed by atoms with van der Waals surface area (Å²) in [6, 6.07) is 7.48. The molecule has 1 aliphatic heterocycles. The van der Waals surface area contributed by atoms with Gasteiger partial charge in [0.15, 0.2) is 0 Å². The van der Waals surface area contributed by atoms with Crippen LogP contribution in [0, 0.1) is 0 Å². The van der Waals surface area contributed by atoms with Crippen molar-refractivity contribution < 1.29 is 0 Å². The minimum atomic E-state index is -0.105. The molecule has 0 spiro atoms. The Balaban J connectivity index is 0.00000168. The van der Waals surface area contributed by atoms with E-state index in [1.165, 1.54) is 0 Å². The summed E-state index contributed by atoms with van der Waals surface area (Å²) < 4.78 is 1.88. The third-order valence-corrected chi connectivity index (χ3v) is 4.83. The molecule has 0 saturated carbocycles. The molecule has 0 radical (unpaired) electrons. The summed E-state index contributed by atoms with van der Waals surface area (Å²) in [5.74, 6) is 0.326. The molecule has 5 rings (SSSR count). The van der Waals surface area contributed by atoms with E-state index in [2.05, 4.69) is 20.5 Å². The number of aromatic nitrogens is 6. The van der Waals surface area contributed by atoms with E-state index in [9.17, 15) is 4.79 Å². The van der Waals surface area contributed by atoms with Crippen LogP contribution in [0.2, 0.25) is 0 Å². The molecule has 3 aromatic heterocycles. The van der Waals surface area contributed by atoms with Gasteiger partial charge in [0, 0.05) is 12.0 Å². The van der Waals surface area contributed by atoms with Crippen LogP contribution in [0.15, 0.2) is 41.5 Å². The lowest BCUT2D eigenvalue weighted by Crippen LogP contribution is -2.28. The highest BCUT2D eigenvalue weighted by Gasteiger charge is 2.22. The predicted octanol–water partition coefficient (Wildman–Crippen LogP) is 1.65. The van der Waals surface area contributed by atoms with Crippen molar-refractivity contribution in [1.82, 2.24) is 34.9 Å². The van der Waals surface area contributed by atoms with Crippen LogP contribution in [-0.4, -0.2) is 42.7 Å². The van der Waals surface area contributed by atoms with Gasteiger partial charge < -0.3 is 10.3 Å². The summed E-state index contributed by atoms with van der Waals surface area (Å²) in [6.45, 7) is 1.92. The Morgan fingerprint density at radius 3 is 2.65 bits per heavy atom. The number of aromatic amines is 1. The van der Waals surface area contributed by atoms with E-state index >= 15 is 0 Å². The van der Waals surface area contributed by atoms with Crippen LogP contribution in [0.25, 0.3) is 22.2 Å². The van der Waals surface area contributed by atoms with E-state index in [1.807, 2.05) is 22.7 Å². The van der Waals surface area contributed by atoms with E-state index in [-0.39, 0.29) is 18.0 Å². The fraction of sp³-hybridized carbons (Fsp3) is 0.294. The second-order valence-electron chi connectivity index (χ2n) is 6.33. The number of rotatable bonds is 2. The van der Waals surface area contributed by atoms with Crippen molar-refractivity contribution >= 4 is 29.0 Å². The van der Waals surface area contributed by atoms with Crippen LogP contribution in [0.1, 0.15) is 24.5 Å². The SMILES string of the molecule is Cl.O=c1cc(C2CCNCC2)n2nc3cccc(-n4nccn4)c3c2[nH]1. The summed E-state index contributed by atoms with van der Waals surface area (Å²) in [5, 5.41) is 17.4. The third kappa shape index (κ3) is 2.58. The van der Waals surface area contributed by atoms with E-state index in [4.69, 9.17) is 5.10 Å². The van der Waals surface area contributed by atoms with Gasteiger partial charge >= 0.3 is 0 Å². The first-order valence-electron chi connectivity index (χ1n) is 8.43. The van der Waals surface area contributed by atoms with Gasteiger partial charge in [0.1, 0.15) is 5.65 Å². The van der Waals surface area contributed by atoms with Crippen molar-refractivity contribution in [2.45, 2.75) is 18.8 Å². The quantitative estimate of drug-likeness (QED) is 0.559. The number of nitrogens with zero attached hydrogens (tertiary/aromatic N) is 5. The van der Waals surface area contributed by atoms with Crippen LogP contribution in [0.4, 0.5) is 0 Å². The molecule has 0 aliphatic carbocycles. The standard InChI is InChI=1S/C17H17N7O.ClH/c25-15-10-14(11-4-6-18-7-5-11)23-17(21-15)16-12(22-23)2-1-3-13(16)24-19-8-9-20-24;/h1-3,8-11,18H,4-7H2,(H,21,25);1H.